The number of ether oxygens (including phenoxy) is 1. The van der Waals surface area contributed by atoms with Crippen LogP contribution in [0.4, 0.5) is 0 Å². The summed E-state index contributed by atoms with van der Waals surface area (Å²) < 4.78 is 5.48. The highest BCUT2D eigenvalue weighted by Crippen LogP contribution is 2.66. The molecule has 6 atom stereocenters. The molecule has 0 aromatic carbocycles. The van der Waals surface area contributed by atoms with E-state index in [1.165, 1.54) is 39.0 Å². The van der Waals surface area contributed by atoms with Crippen molar-refractivity contribution in [2.45, 2.75) is 105 Å². The zero-order valence-electron chi connectivity index (χ0n) is 19.9. The second kappa shape index (κ2) is 8.48. The summed E-state index contributed by atoms with van der Waals surface area (Å²) in [6.07, 6.45) is 12.2. The summed E-state index contributed by atoms with van der Waals surface area (Å²) in [6, 6.07) is 0. The minimum Gasteiger partial charge on any atom is -0.423 e. The molecule has 0 spiro atoms. The molecule has 4 aliphatic carbocycles. The van der Waals surface area contributed by atoms with Crippen LogP contribution in [0, 0.1) is 34.5 Å². The fourth-order valence-corrected chi connectivity index (χ4v) is 8.09. The highest BCUT2D eigenvalue weighted by Gasteiger charge is 2.62. The van der Waals surface area contributed by atoms with Crippen LogP contribution in [0.15, 0.2) is 11.3 Å². The van der Waals surface area contributed by atoms with Crippen LogP contribution in [-0.4, -0.2) is 17.5 Å². The zero-order valence-corrected chi connectivity index (χ0v) is 19.9. The molecule has 172 valence electrons. The Morgan fingerprint density at radius 2 is 1.81 bits per heavy atom. The third kappa shape index (κ3) is 3.72. The number of unbranched alkanes of at least 4 members (excludes halogenated alkanes) is 3. The van der Waals surface area contributed by atoms with E-state index in [2.05, 4.69) is 20.8 Å². The van der Waals surface area contributed by atoms with Crippen molar-refractivity contribution < 1.29 is 19.1 Å². The number of rotatable bonds is 6. The van der Waals surface area contributed by atoms with Gasteiger partial charge in [-0.25, -0.2) is 0 Å². The number of Topliss-reactive ketones (excluding diaryl/α,β-unsaturated/α-hetero) is 2. The van der Waals surface area contributed by atoms with Crippen LogP contribution in [0.2, 0.25) is 0 Å². The van der Waals surface area contributed by atoms with E-state index in [4.69, 9.17) is 4.74 Å². The van der Waals surface area contributed by atoms with Crippen LogP contribution in [0.1, 0.15) is 105 Å². The Balaban J connectivity index is 1.63. The first-order chi connectivity index (χ1) is 14.7. The van der Waals surface area contributed by atoms with Gasteiger partial charge < -0.3 is 4.74 Å². The second-order valence-corrected chi connectivity index (χ2v) is 11.3. The highest BCUT2D eigenvalue weighted by atomic mass is 16.5. The minimum absolute atomic E-state index is 0.00776. The van der Waals surface area contributed by atoms with Crippen LogP contribution in [0.3, 0.4) is 0 Å². The van der Waals surface area contributed by atoms with Crippen LogP contribution < -0.4 is 0 Å². The molecule has 0 aromatic heterocycles. The molecule has 3 fully saturated rings. The van der Waals surface area contributed by atoms with Gasteiger partial charge >= 0.3 is 5.97 Å². The van der Waals surface area contributed by atoms with Crippen LogP contribution in [-0.2, 0) is 19.1 Å². The number of esters is 1. The Labute approximate surface area is 187 Å². The molecule has 0 N–H and O–H groups in total. The van der Waals surface area contributed by atoms with Crippen molar-refractivity contribution in [3.8, 4) is 0 Å². The normalized spacial score (nSPS) is 39.7. The fourth-order valence-electron chi connectivity index (χ4n) is 8.09. The molecule has 0 radical (unpaired) electrons. The van der Waals surface area contributed by atoms with Gasteiger partial charge in [0.15, 0.2) is 11.5 Å². The average Bonchev–Trinajstić information content (AvgIpc) is 2.98. The summed E-state index contributed by atoms with van der Waals surface area (Å²) in [6.45, 7) is 8.20. The van der Waals surface area contributed by atoms with E-state index in [0.717, 1.165) is 44.1 Å². The molecule has 0 aromatic rings. The number of ketones is 2. The zero-order chi connectivity index (χ0) is 22.4. The summed E-state index contributed by atoms with van der Waals surface area (Å²) in [5.74, 6) is 2.48. The molecule has 31 heavy (non-hydrogen) atoms. The third-order valence-corrected chi connectivity index (χ3v) is 9.59. The molecule has 4 aliphatic rings. The predicted octanol–water partition coefficient (Wildman–Crippen LogP) is 6.17. The van der Waals surface area contributed by atoms with Gasteiger partial charge in [-0.15, -0.1) is 0 Å². The van der Waals surface area contributed by atoms with Crippen molar-refractivity contribution in [3.63, 3.8) is 0 Å². The van der Waals surface area contributed by atoms with Gasteiger partial charge in [0.05, 0.1) is 0 Å². The van der Waals surface area contributed by atoms with Crippen molar-refractivity contribution in [3.05, 3.63) is 11.3 Å². The maximum absolute atomic E-state index is 13.2. The van der Waals surface area contributed by atoms with Crippen molar-refractivity contribution in [2.75, 3.05) is 0 Å². The summed E-state index contributed by atoms with van der Waals surface area (Å²) in [4.78, 5) is 37.5. The van der Waals surface area contributed by atoms with E-state index in [1.807, 2.05) is 0 Å². The maximum atomic E-state index is 13.2. The van der Waals surface area contributed by atoms with Gasteiger partial charge in [-0.3, -0.25) is 14.4 Å². The molecule has 4 nitrogen and oxygen atoms in total. The molecular formula is C27H40O4. The Bertz CT molecular complexity index is 795. The number of hydrogen-bond donors (Lipinski definition) is 0. The lowest BCUT2D eigenvalue weighted by molar-refractivity contribution is -0.143. The van der Waals surface area contributed by atoms with Crippen LogP contribution in [0.5, 0.6) is 0 Å². The largest absolute Gasteiger partial charge is 0.423 e. The number of carbonyl (C=O) groups excluding carboxylic acids is 3. The SMILES string of the molecule is CCCCCC[C@H]1CC(=O)[C@@]2(C)CC[C@H]3[C@@H](CCC4=C(OC(C)=O)C(=O)CC[C@@]43C)[C@H]12. The van der Waals surface area contributed by atoms with E-state index in [-0.39, 0.29) is 16.6 Å². The Morgan fingerprint density at radius 3 is 2.52 bits per heavy atom. The molecule has 0 saturated heterocycles. The summed E-state index contributed by atoms with van der Waals surface area (Å²) in [5.41, 5.74) is 0.853. The van der Waals surface area contributed by atoms with E-state index >= 15 is 0 Å². The molecule has 0 aliphatic heterocycles. The third-order valence-electron chi connectivity index (χ3n) is 9.59. The lowest BCUT2D eigenvalue weighted by Crippen LogP contribution is -2.52. The van der Waals surface area contributed by atoms with Gasteiger partial charge in [0.25, 0.3) is 0 Å². The van der Waals surface area contributed by atoms with E-state index in [1.54, 1.807) is 0 Å². The van der Waals surface area contributed by atoms with E-state index in [9.17, 15) is 14.4 Å². The molecule has 0 bridgehead atoms. The van der Waals surface area contributed by atoms with Crippen molar-refractivity contribution >= 4 is 17.5 Å². The molecular weight excluding hydrogens is 388 g/mol. The van der Waals surface area contributed by atoms with Crippen LogP contribution >= 0.6 is 0 Å². The van der Waals surface area contributed by atoms with Gasteiger partial charge in [0.2, 0.25) is 0 Å². The van der Waals surface area contributed by atoms with Gasteiger partial charge in [0, 0.05) is 25.2 Å². The quantitative estimate of drug-likeness (QED) is 0.375. The van der Waals surface area contributed by atoms with E-state index < -0.39 is 5.97 Å². The maximum Gasteiger partial charge on any atom is 0.308 e. The number of fused-ring (bicyclic) bond motifs is 5. The number of hydrogen-bond acceptors (Lipinski definition) is 4. The van der Waals surface area contributed by atoms with Crippen molar-refractivity contribution in [2.24, 2.45) is 34.5 Å². The van der Waals surface area contributed by atoms with E-state index in [0.29, 0.717) is 41.6 Å². The predicted molar refractivity (Wildman–Crippen MR) is 120 cm³/mol. The summed E-state index contributed by atoms with van der Waals surface area (Å²) >= 11 is 0. The molecule has 0 heterocycles. The summed E-state index contributed by atoms with van der Waals surface area (Å²) in [7, 11) is 0. The molecule has 0 unspecified atom stereocenters. The Hall–Kier alpha value is -1.45. The first-order valence-corrected chi connectivity index (χ1v) is 12.7. The minimum atomic E-state index is -0.396. The Kier molecular flexibility index (Phi) is 6.22. The van der Waals surface area contributed by atoms with Crippen LogP contribution in [0.25, 0.3) is 0 Å². The Morgan fingerprint density at radius 1 is 1.03 bits per heavy atom. The molecule has 4 heteroatoms. The first-order valence-electron chi connectivity index (χ1n) is 12.7. The molecule has 3 saturated carbocycles. The first kappa shape index (κ1) is 22.7. The molecule has 0 amide bonds. The van der Waals surface area contributed by atoms with Crippen molar-refractivity contribution in [1.82, 2.24) is 0 Å². The average molecular weight is 429 g/mol. The van der Waals surface area contributed by atoms with Gasteiger partial charge in [-0.2, -0.15) is 0 Å². The van der Waals surface area contributed by atoms with Gasteiger partial charge in [-0.1, -0.05) is 46.5 Å². The summed E-state index contributed by atoms with van der Waals surface area (Å²) in [5, 5.41) is 0. The topological polar surface area (TPSA) is 60.4 Å². The monoisotopic (exact) mass is 428 g/mol. The molecule has 4 rings (SSSR count). The highest BCUT2D eigenvalue weighted by molar-refractivity contribution is 5.97. The lowest BCUT2D eigenvalue weighted by Gasteiger charge is -2.57. The smallest absolute Gasteiger partial charge is 0.308 e. The fraction of sp³-hybridized carbons (Fsp3) is 0.815. The lowest BCUT2D eigenvalue weighted by atomic mass is 9.46. The second-order valence-electron chi connectivity index (χ2n) is 11.3. The standard InChI is InChI=1S/C27H40O4/c1-5-6-7-8-9-18-16-23(30)27(4)14-12-20-19(24(18)27)10-11-21-25(31-17(2)28)22(29)13-15-26(20,21)3/h18-20,24H,5-16H2,1-4H3/t18-,19+,20-,24-,26+,27+/m0/s1. The van der Waals surface area contributed by atoms with Crippen molar-refractivity contribution in [1.29, 1.82) is 0 Å². The number of allylic oxidation sites excluding steroid dienone is 1. The van der Waals surface area contributed by atoms with Gasteiger partial charge in [0.1, 0.15) is 5.78 Å². The number of carbonyl (C=O) groups is 3. The van der Waals surface area contributed by atoms with Gasteiger partial charge in [-0.05, 0) is 73.2 Å².